The van der Waals surface area contributed by atoms with Crippen LogP contribution in [-0.4, -0.2) is 25.3 Å². The quantitative estimate of drug-likeness (QED) is 0.778. The fourth-order valence-corrected chi connectivity index (χ4v) is 1.97. The minimum Gasteiger partial charge on any atom is -0.377 e. The van der Waals surface area contributed by atoms with Crippen molar-refractivity contribution < 1.29 is 9.13 Å². The normalized spacial score (nSPS) is 12.9. The van der Waals surface area contributed by atoms with Crippen molar-refractivity contribution in [2.45, 2.75) is 52.7 Å². The molecule has 19 heavy (non-hydrogen) atoms. The molecule has 0 aliphatic carbocycles. The van der Waals surface area contributed by atoms with Gasteiger partial charge in [-0.05, 0) is 63.4 Å². The second-order valence-corrected chi connectivity index (χ2v) is 5.31. The van der Waals surface area contributed by atoms with Crippen LogP contribution in [0.15, 0.2) is 18.2 Å². The van der Waals surface area contributed by atoms with Crippen molar-refractivity contribution in [3.8, 4) is 0 Å². The van der Waals surface area contributed by atoms with Gasteiger partial charge in [0.25, 0.3) is 0 Å². The standard InChI is InChI=1S/C16H26FNO/c1-5-8-18-16(11-19-12(2)3)10-14-9-15(17)7-6-13(14)4/h6-7,9,12,16,18H,5,8,10-11H2,1-4H3. The van der Waals surface area contributed by atoms with Gasteiger partial charge in [-0.3, -0.25) is 0 Å². The van der Waals surface area contributed by atoms with Crippen molar-refractivity contribution in [1.29, 1.82) is 0 Å². The molecule has 1 atom stereocenters. The van der Waals surface area contributed by atoms with E-state index in [2.05, 4.69) is 12.2 Å². The molecule has 1 N–H and O–H groups in total. The minimum atomic E-state index is -0.167. The van der Waals surface area contributed by atoms with Crippen LogP contribution in [0.5, 0.6) is 0 Å². The summed E-state index contributed by atoms with van der Waals surface area (Å²) in [4.78, 5) is 0. The van der Waals surface area contributed by atoms with Crippen LogP contribution in [0.2, 0.25) is 0 Å². The highest BCUT2D eigenvalue weighted by Gasteiger charge is 2.12. The summed E-state index contributed by atoms with van der Waals surface area (Å²) in [6.07, 6.45) is 2.11. The van der Waals surface area contributed by atoms with Gasteiger partial charge in [0.2, 0.25) is 0 Å². The van der Waals surface area contributed by atoms with Gasteiger partial charge >= 0.3 is 0 Å². The van der Waals surface area contributed by atoms with Gasteiger partial charge in [0, 0.05) is 6.04 Å². The summed E-state index contributed by atoms with van der Waals surface area (Å²) < 4.78 is 19.0. The fourth-order valence-electron chi connectivity index (χ4n) is 1.97. The first-order valence-electron chi connectivity index (χ1n) is 7.13. The number of nitrogens with one attached hydrogen (secondary N) is 1. The van der Waals surface area contributed by atoms with Gasteiger partial charge in [-0.1, -0.05) is 13.0 Å². The molecular weight excluding hydrogens is 241 g/mol. The van der Waals surface area contributed by atoms with E-state index in [1.165, 1.54) is 6.07 Å². The van der Waals surface area contributed by atoms with Gasteiger partial charge in [0.1, 0.15) is 5.82 Å². The number of ether oxygens (including phenoxy) is 1. The first-order valence-corrected chi connectivity index (χ1v) is 7.13. The molecule has 0 saturated carbocycles. The van der Waals surface area contributed by atoms with E-state index in [4.69, 9.17) is 4.74 Å². The molecule has 108 valence electrons. The first-order chi connectivity index (χ1) is 9.02. The van der Waals surface area contributed by atoms with E-state index in [-0.39, 0.29) is 18.0 Å². The SMILES string of the molecule is CCCNC(COC(C)C)Cc1cc(F)ccc1C. The zero-order chi connectivity index (χ0) is 14.3. The Balaban J connectivity index is 2.66. The smallest absolute Gasteiger partial charge is 0.123 e. The van der Waals surface area contributed by atoms with E-state index in [1.54, 1.807) is 6.07 Å². The van der Waals surface area contributed by atoms with Crippen LogP contribution >= 0.6 is 0 Å². The molecule has 0 radical (unpaired) electrons. The second kappa shape index (κ2) is 8.28. The maximum absolute atomic E-state index is 13.3. The van der Waals surface area contributed by atoms with Gasteiger partial charge in [0.05, 0.1) is 12.7 Å². The van der Waals surface area contributed by atoms with Crippen LogP contribution in [0, 0.1) is 12.7 Å². The van der Waals surface area contributed by atoms with E-state index in [1.807, 2.05) is 26.8 Å². The number of rotatable bonds is 8. The molecule has 1 unspecified atom stereocenters. The first kappa shape index (κ1) is 16.1. The lowest BCUT2D eigenvalue weighted by Crippen LogP contribution is -2.37. The maximum Gasteiger partial charge on any atom is 0.123 e. The molecule has 0 aliphatic heterocycles. The lowest BCUT2D eigenvalue weighted by molar-refractivity contribution is 0.0612. The van der Waals surface area contributed by atoms with E-state index in [9.17, 15) is 4.39 Å². The van der Waals surface area contributed by atoms with Crippen LogP contribution in [0.4, 0.5) is 4.39 Å². The molecule has 0 aliphatic rings. The van der Waals surface area contributed by atoms with Gasteiger partial charge in [-0.25, -0.2) is 4.39 Å². The number of aryl methyl sites for hydroxylation is 1. The highest BCUT2D eigenvalue weighted by atomic mass is 19.1. The molecule has 0 fully saturated rings. The largest absolute Gasteiger partial charge is 0.377 e. The molecule has 1 aromatic carbocycles. The summed E-state index contributed by atoms with van der Waals surface area (Å²) in [7, 11) is 0. The summed E-state index contributed by atoms with van der Waals surface area (Å²) in [5.74, 6) is -0.167. The molecule has 0 saturated heterocycles. The van der Waals surface area contributed by atoms with Crippen molar-refractivity contribution >= 4 is 0 Å². The Labute approximate surface area is 116 Å². The molecule has 0 amide bonds. The Morgan fingerprint density at radius 3 is 2.68 bits per heavy atom. The van der Waals surface area contributed by atoms with Crippen molar-refractivity contribution in [1.82, 2.24) is 5.32 Å². The molecule has 1 rings (SSSR count). The number of hydrogen-bond acceptors (Lipinski definition) is 2. The summed E-state index contributed by atoms with van der Waals surface area (Å²) in [5.41, 5.74) is 2.19. The van der Waals surface area contributed by atoms with Gasteiger partial charge in [0.15, 0.2) is 0 Å². The summed E-state index contributed by atoms with van der Waals surface area (Å²) in [5, 5.41) is 3.47. The predicted octanol–water partition coefficient (Wildman–Crippen LogP) is 3.47. The highest BCUT2D eigenvalue weighted by Crippen LogP contribution is 2.13. The molecule has 1 aromatic rings. The minimum absolute atomic E-state index is 0.167. The van der Waals surface area contributed by atoms with Crippen LogP contribution in [0.1, 0.15) is 38.3 Å². The third-order valence-electron chi connectivity index (χ3n) is 3.09. The van der Waals surface area contributed by atoms with Crippen molar-refractivity contribution in [3.63, 3.8) is 0 Å². The highest BCUT2D eigenvalue weighted by molar-refractivity contribution is 5.27. The van der Waals surface area contributed by atoms with Crippen LogP contribution in [0.25, 0.3) is 0 Å². The van der Waals surface area contributed by atoms with Crippen molar-refractivity contribution in [2.75, 3.05) is 13.2 Å². The number of benzene rings is 1. The topological polar surface area (TPSA) is 21.3 Å². The molecule has 3 heteroatoms. The Morgan fingerprint density at radius 1 is 1.32 bits per heavy atom. The molecule has 2 nitrogen and oxygen atoms in total. The monoisotopic (exact) mass is 267 g/mol. The Bertz CT molecular complexity index is 379. The van der Waals surface area contributed by atoms with Gasteiger partial charge in [-0.15, -0.1) is 0 Å². The average Bonchev–Trinajstić information content (AvgIpc) is 2.36. The molecule has 0 spiro atoms. The van der Waals surface area contributed by atoms with Gasteiger partial charge < -0.3 is 10.1 Å². The third kappa shape index (κ3) is 6.17. The van der Waals surface area contributed by atoms with Crippen LogP contribution < -0.4 is 5.32 Å². The van der Waals surface area contributed by atoms with E-state index in [0.717, 1.165) is 30.5 Å². The lowest BCUT2D eigenvalue weighted by atomic mass is 10.0. The predicted molar refractivity (Wildman–Crippen MR) is 78.0 cm³/mol. The summed E-state index contributed by atoms with van der Waals surface area (Å²) in [6.45, 7) is 9.85. The Hall–Kier alpha value is -0.930. The van der Waals surface area contributed by atoms with Crippen LogP contribution in [0.3, 0.4) is 0 Å². The van der Waals surface area contributed by atoms with Crippen molar-refractivity contribution in [2.24, 2.45) is 0 Å². The maximum atomic E-state index is 13.3. The summed E-state index contributed by atoms with van der Waals surface area (Å²) in [6, 6.07) is 5.22. The molecular formula is C16H26FNO. The Kier molecular flexibility index (Phi) is 7.03. The number of halogens is 1. The Morgan fingerprint density at radius 2 is 2.05 bits per heavy atom. The molecule has 0 bridgehead atoms. The fraction of sp³-hybridized carbons (Fsp3) is 0.625. The average molecular weight is 267 g/mol. The van der Waals surface area contributed by atoms with Gasteiger partial charge in [-0.2, -0.15) is 0 Å². The summed E-state index contributed by atoms with van der Waals surface area (Å²) >= 11 is 0. The third-order valence-corrected chi connectivity index (χ3v) is 3.09. The molecule has 0 aromatic heterocycles. The van der Waals surface area contributed by atoms with E-state index < -0.39 is 0 Å². The van der Waals surface area contributed by atoms with E-state index in [0.29, 0.717) is 6.61 Å². The van der Waals surface area contributed by atoms with Crippen molar-refractivity contribution in [3.05, 3.63) is 35.1 Å². The number of hydrogen-bond donors (Lipinski definition) is 1. The lowest BCUT2D eigenvalue weighted by Gasteiger charge is -2.21. The molecule has 0 heterocycles. The zero-order valence-electron chi connectivity index (χ0n) is 12.5. The zero-order valence-corrected chi connectivity index (χ0v) is 12.5. The second-order valence-electron chi connectivity index (χ2n) is 5.31. The van der Waals surface area contributed by atoms with E-state index >= 15 is 0 Å². The van der Waals surface area contributed by atoms with Crippen LogP contribution in [-0.2, 0) is 11.2 Å².